The molecule has 0 amide bonds. The van der Waals surface area contributed by atoms with Gasteiger partial charge < -0.3 is 10.2 Å². The monoisotopic (exact) mass is 245 g/mol. The van der Waals surface area contributed by atoms with E-state index in [1.54, 1.807) is 0 Å². The summed E-state index contributed by atoms with van der Waals surface area (Å²) in [6, 6.07) is 9.95. The van der Waals surface area contributed by atoms with Gasteiger partial charge >= 0.3 is 0 Å². The summed E-state index contributed by atoms with van der Waals surface area (Å²) in [6.45, 7) is 4.00. The summed E-state index contributed by atoms with van der Waals surface area (Å²) in [7, 11) is 2.05. The Labute approximate surface area is 107 Å². The molecule has 0 aromatic carbocycles. The van der Waals surface area contributed by atoms with E-state index in [1.165, 1.54) is 0 Å². The summed E-state index contributed by atoms with van der Waals surface area (Å²) in [5, 5.41) is 0. The van der Waals surface area contributed by atoms with Gasteiger partial charge in [-0.05, 0) is 38.2 Å². The minimum atomic E-state index is 0.481. The summed E-state index contributed by atoms with van der Waals surface area (Å²) in [5.74, 6) is 1.92. The van der Waals surface area contributed by atoms with Gasteiger partial charge in [0.05, 0.1) is 17.9 Å². The van der Waals surface area contributed by atoms with E-state index in [9.17, 15) is 0 Å². The topological polar surface area (TPSA) is 55.3 Å². The van der Waals surface area contributed by atoms with E-state index >= 15 is 0 Å². The van der Waals surface area contributed by atoms with Gasteiger partial charge in [-0.2, -0.15) is 0 Å². The highest BCUT2D eigenvalue weighted by Gasteiger charge is 2.06. The molecule has 0 aliphatic heterocycles. The molecule has 0 aliphatic carbocycles. The van der Waals surface area contributed by atoms with Crippen LogP contribution < -0.4 is 5.73 Å². The maximum atomic E-state index is 5.58. The number of aromatic nitrogens is 1. The molecule has 0 unspecified atom stereocenters. The Balaban J connectivity index is 1.96. The molecule has 4 heteroatoms. The lowest BCUT2D eigenvalue weighted by Crippen LogP contribution is -2.18. The second-order valence-electron chi connectivity index (χ2n) is 4.51. The van der Waals surface area contributed by atoms with Crippen LogP contribution in [0.4, 0.5) is 0 Å². The van der Waals surface area contributed by atoms with Crippen molar-refractivity contribution in [1.29, 1.82) is 0 Å². The highest BCUT2D eigenvalue weighted by molar-refractivity contribution is 5.11. The number of nitrogens with two attached hydrogens (primary N) is 1. The summed E-state index contributed by atoms with van der Waals surface area (Å²) >= 11 is 0. The number of pyridine rings is 1. The fraction of sp³-hybridized carbons (Fsp3) is 0.357. The molecular weight excluding hydrogens is 226 g/mol. The van der Waals surface area contributed by atoms with Crippen LogP contribution in [0, 0.1) is 6.92 Å². The molecule has 2 rings (SSSR count). The number of aryl methyl sites for hydroxylation is 1. The first kappa shape index (κ1) is 12.8. The predicted octanol–water partition coefficient (Wildman–Crippen LogP) is 2.07. The minimum Gasteiger partial charge on any atom is -0.465 e. The molecule has 4 nitrogen and oxygen atoms in total. The van der Waals surface area contributed by atoms with Gasteiger partial charge in [0.15, 0.2) is 0 Å². The lowest BCUT2D eigenvalue weighted by Gasteiger charge is -2.14. The van der Waals surface area contributed by atoms with Crippen molar-refractivity contribution < 1.29 is 4.42 Å². The smallest absolute Gasteiger partial charge is 0.118 e. The number of hydrogen-bond acceptors (Lipinski definition) is 4. The average molecular weight is 245 g/mol. The van der Waals surface area contributed by atoms with E-state index in [0.717, 1.165) is 36.0 Å². The highest BCUT2D eigenvalue weighted by Crippen LogP contribution is 2.10. The van der Waals surface area contributed by atoms with Crippen LogP contribution in [0.15, 0.2) is 34.7 Å². The van der Waals surface area contributed by atoms with Crippen LogP contribution in [-0.2, 0) is 19.6 Å². The molecule has 0 saturated carbocycles. The normalized spacial score (nSPS) is 11.1. The number of furan rings is 1. The Kier molecular flexibility index (Phi) is 4.12. The fourth-order valence-corrected chi connectivity index (χ4v) is 1.90. The maximum absolute atomic E-state index is 5.58. The Morgan fingerprint density at radius 3 is 2.61 bits per heavy atom. The van der Waals surface area contributed by atoms with Gasteiger partial charge in [-0.1, -0.05) is 6.07 Å². The fourth-order valence-electron chi connectivity index (χ4n) is 1.90. The molecule has 0 spiro atoms. The van der Waals surface area contributed by atoms with Crippen molar-refractivity contribution in [3.05, 3.63) is 53.2 Å². The second-order valence-corrected chi connectivity index (χ2v) is 4.51. The minimum absolute atomic E-state index is 0.481. The van der Waals surface area contributed by atoms with E-state index in [-0.39, 0.29) is 0 Å². The first-order valence-corrected chi connectivity index (χ1v) is 6.06. The Morgan fingerprint density at radius 1 is 1.17 bits per heavy atom. The number of rotatable bonds is 5. The lowest BCUT2D eigenvalue weighted by molar-refractivity contribution is 0.282. The maximum Gasteiger partial charge on any atom is 0.118 e. The molecule has 2 aromatic heterocycles. The van der Waals surface area contributed by atoms with Crippen LogP contribution in [0.5, 0.6) is 0 Å². The van der Waals surface area contributed by atoms with Crippen LogP contribution in [0.1, 0.15) is 22.9 Å². The molecule has 2 heterocycles. The zero-order valence-corrected chi connectivity index (χ0v) is 10.9. The molecule has 0 atom stereocenters. The van der Waals surface area contributed by atoms with Crippen LogP contribution in [0.3, 0.4) is 0 Å². The van der Waals surface area contributed by atoms with E-state index in [1.807, 2.05) is 37.3 Å². The summed E-state index contributed by atoms with van der Waals surface area (Å²) in [5.41, 5.74) is 7.54. The largest absolute Gasteiger partial charge is 0.465 e. The molecular formula is C14H19N3O. The third kappa shape index (κ3) is 3.42. The van der Waals surface area contributed by atoms with Crippen molar-refractivity contribution in [3.8, 4) is 0 Å². The third-order valence-corrected chi connectivity index (χ3v) is 2.73. The van der Waals surface area contributed by atoms with Gasteiger partial charge in [0, 0.05) is 13.1 Å². The third-order valence-electron chi connectivity index (χ3n) is 2.73. The van der Waals surface area contributed by atoms with Crippen LogP contribution in [0.2, 0.25) is 0 Å². The predicted molar refractivity (Wildman–Crippen MR) is 70.7 cm³/mol. The molecule has 2 aromatic rings. The summed E-state index contributed by atoms with van der Waals surface area (Å²) in [6.07, 6.45) is 0. The van der Waals surface area contributed by atoms with Gasteiger partial charge in [0.25, 0.3) is 0 Å². The van der Waals surface area contributed by atoms with Crippen molar-refractivity contribution in [3.63, 3.8) is 0 Å². The van der Waals surface area contributed by atoms with Crippen LogP contribution >= 0.6 is 0 Å². The van der Waals surface area contributed by atoms with Crippen molar-refractivity contribution in [2.75, 3.05) is 7.05 Å². The quantitative estimate of drug-likeness (QED) is 0.876. The van der Waals surface area contributed by atoms with Crippen molar-refractivity contribution in [2.45, 2.75) is 26.6 Å². The van der Waals surface area contributed by atoms with Gasteiger partial charge in [0.1, 0.15) is 11.5 Å². The summed E-state index contributed by atoms with van der Waals surface area (Å²) in [4.78, 5) is 6.65. The molecule has 0 aliphatic rings. The molecule has 0 saturated heterocycles. The van der Waals surface area contributed by atoms with Gasteiger partial charge in [-0.15, -0.1) is 0 Å². The Morgan fingerprint density at radius 2 is 1.94 bits per heavy atom. The zero-order chi connectivity index (χ0) is 13.0. The van der Waals surface area contributed by atoms with Crippen LogP contribution in [0.25, 0.3) is 0 Å². The van der Waals surface area contributed by atoms with Crippen LogP contribution in [-0.4, -0.2) is 16.9 Å². The van der Waals surface area contributed by atoms with Crippen molar-refractivity contribution in [2.24, 2.45) is 5.73 Å². The Bertz CT molecular complexity index is 507. The Hall–Kier alpha value is -1.65. The first-order chi connectivity index (χ1) is 8.67. The lowest BCUT2D eigenvalue weighted by atomic mass is 10.3. The highest BCUT2D eigenvalue weighted by atomic mass is 16.3. The molecule has 96 valence electrons. The molecule has 0 radical (unpaired) electrons. The van der Waals surface area contributed by atoms with Crippen molar-refractivity contribution in [1.82, 2.24) is 9.88 Å². The van der Waals surface area contributed by atoms with E-state index in [2.05, 4.69) is 16.9 Å². The first-order valence-electron chi connectivity index (χ1n) is 6.06. The van der Waals surface area contributed by atoms with Crippen molar-refractivity contribution >= 4 is 0 Å². The van der Waals surface area contributed by atoms with E-state index in [4.69, 9.17) is 10.2 Å². The second kappa shape index (κ2) is 5.80. The standard InChI is InChI=1S/C14H19N3O/c1-11-6-7-14(18-11)10-17(2)9-13-5-3-4-12(8-15)16-13/h3-7H,8-10,15H2,1-2H3. The number of nitrogens with zero attached hydrogens (tertiary/aromatic N) is 2. The van der Waals surface area contributed by atoms with Gasteiger partial charge in [0.2, 0.25) is 0 Å². The van der Waals surface area contributed by atoms with Gasteiger partial charge in [-0.25, -0.2) is 0 Å². The molecule has 0 fully saturated rings. The zero-order valence-electron chi connectivity index (χ0n) is 10.9. The molecule has 0 bridgehead atoms. The summed E-state index contributed by atoms with van der Waals surface area (Å²) < 4.78 is 5.55. The number of hydrogen-bond donors (Lipinski definition) is 1. The molecule has 2 N–H and O–H groups in total. The average Bonchev–Trinajstić information content (AvgIpc) is 2.74. The molecule has 18 heavy (non-hydrogen) atoms. The van der Waals surface area contributed by atoms with E-state index < -0.39 is 0 Å². The SMILES string of the molecule is Cc1ccc(CN(C)Cc2cccc(CN)n2)o1. The van der Waals surface area contributed by atoms with E-state index in [0.29, 0.717) is 6.54 Å². The van der Waals surface area contributed by atoms with Gasteiger partial charge in [-0.3, -0.25) is 9.88 Å².